The van der Waals surface area contributed by atoms with Gasteiger partial charge in [0.25, 0.3) is 0 Å². The lowest BCUT2D eigenvalue weighted by Crippen LogP contribution is -2.52. The molecule has 1 N–H and O–H groups in total. The second-order valence-corrected chi connectivity index (χ2v) is 5.46. The molecule has 1 unspecified atom stereocenters. The molecule has 0 aliphatic carbocycles. The fourth-order valence-corrected chi connectivity index (χ4v) is 2.53. The lowest BCUT2D eigenvalue weighted by atomic mass is 9.97. The van der Waals surface area contributed by atoms with Crippen molar-refractivity contribution in [2.45, 2.75) is 39.2 Å². The third-order valence-corrected chi connectivity index (χ3v) is 3.75. The number of amides is 2. The van der Waals surface area contributed by atoms with Crippen LogP contribution in [-0.4, -0.2) is 29.8 Å². The number of carbonyl (C=O) groups is 2. The van der Waals surface area contributed by atoms with Gasteiger partial charge < -0.3 is 10.2 Å². The second kappa shape index (κ2) is 6.07. The fourth-order valence-electron chi connectivity index (χ4n) is 2.53. The summed E-state index contributed by atoms with van der Waals surface area (Å²) in [5, 5.41) is 2.84. The van der Waals surface area contributed by atoms with Gasteiger partial charge in [-0.05, 0) is 17.0 Å². The Labute approximate surface area is 120 Å². The number of piperazine rings is 1. The molecule has 1 aromatic rings. The van der Waals surface area contributed by atoms with Crippen LogP contribution in [0.4, 0.5) is 0 Å². The predicted molar refractivity (Wildman–Crippen MR) is 78.3 cm³/mol. The number of rotatable bonds is 3. The molecule has 0 aromatic heterocycles. The molecule has 2 rings (SSSR count). The van der Waals surface area contributed by atoms with Crippen molar-refractivity contribution in [1.82, 2.24) is 10.2 Å². The standard InChI is InChI=1S/C16H22N2O2/c1-4-14(19)18-10-9-17-16(20)15(18)13-7-5-12(6-8-13)11(2)3/h5-8,11,15H,4,9-10H2,1-3H3,(H,17,20). The van der Waals surface area contributed by atoms with Crippen molar-refractivity contribution in [3.63, 3.8) is 0 Å². The summed E-state index contributed by atoms with van der Waals surface area (Å²) in [5.74, 6) is 0.394. The average molecular weight is 274 g/mol. The molecule has 1 saturated heterocycles. The van der Waals surface area contributed by atoms with Gasteiger partial charge in [-0.3, -0.25) is 9.59 Å². The fraction of sp³-hybridized carbons (Fsp3) is 0.500. The Hall–Kier alpha value is -1.84. The van der Waals surface area contributed by atoms with Gasteiger partial charge >= 0.3 is 0 Å². The van der Waals surface area contributed by atoms with E-state index in [1.54, 1.807) is 4.90 Å². The third-order valence-electron chi connectivity index (χ3n) is 3.75. The summed E-state index contributed by atoms with van der Waals surface area (Å²) in [4.78, 5) is 25.8. The molecule has 20 heavy (non-hydrogen) atoms. The molecule has 1 aliphatic rings. The van der Waals surface area contributed by atoms with Crippen molar-refractivity contribution in [2.75, 3.05) is 13.1 Å². The SMILES string of the molecule is CCC(=O)N1CCNC(=O)C1c1ccc(C(C)C)cc1. The monoisotopic (exact) mass is 274 g/mol. The van der Waals surface area contributed by atoms with Gasteiger partial charge in [0, 0.05) is 19.5 Å². The summed E-state index contributed by atoms with van der Waals surface area (Å²) < 4.78 is 0. The highest BCUT2D eigenvalue weighted by Gasteiger charge is 2.33. The number of nitrogens with one attached hydrogen (secondary N) is 1. The number of hydrogen-bond acceptors (Lipinski definition) is 2. The van der Waals surface area contributed by atoms with Crippen LogP contribution in [0.15, 0.2) is 24.3 Å². The molecule has 1 atom stereocenters. The molecule has 1 heterocycles. The smallest absolute Gasteiger partial charge is 0.247 e. The number of nitrogens with zero attached hydrogens (tertiary/aromatic N) is 1. The van der Waals surface area contributed by atoms with Gasteiger partial charge in [-0.1, -0.05) is 45.0 Å². The minimum Gasteiger partial charge on any atom is -0.352 e. The number of carbonyl (C=O) groups excluding carboxylic acids is 2. The zero-order valence-electron chi connectivity index (χ0n) is 12.3. The number of hydrogen-bond donors (Lipinski definition) is 1. The minimum absolute atomic E-state index is 0.0257. The summed E-state index contributed by atoms with van der Waals surface area (Å²) in [6.07, 6.45) is 0.424. The Morgan fingerprint density at radius 1 is 1.35 bits per heavy atom. The van der Waals surface area contributed by atoms with E-state index in [1.807, 2.05) is 31.2 Å². The highest BCUT2D eigenvalue weighted by Crippen LogP contribution is 2.25. The molecule has 0 radical (unpaired) electrons. The first-order valence-corrected chi connectivity index (χ1v) is 7.21. The average Bonchev–Trinajstić information content (AvgIpc) is 2.46. The molecule has 4 nitrogen and oxygen atoms in total. The molecule has 1 aromatic carbocycles. The topological polar surface area (TPSA) is 49.4 Å². The van der Waals surface area contributed by atoms with Crippen LogP contribution in [0, 0.1) is 0 Å². The van der Waals surface area contributed by atoms with Gasteiger partial charge in [0.05, 0.1) is 0 Å². The van der Waals surface area contributed by atoms with Crippen LogP contribution in [-0.2, 0) is 9.59 Å². The normalized spacial score (nSPS) is 19.1. The molecule has 0 saturated carbocycles. The molecular weight excluding hydrogens is 252 g/mol. The van der Waals surface area contributed by atoms with Crippen LogP contribution in [0.1, 0.15) is 50.3 Å². The summed E-state index contributed by atoms with van der Waals surface area (Å²) in [6.45, 7) is 7.21. The van der Waals surface area contributed by atoms with Crippen LogP contribution in [0.25, 0.3) is 0 Å². The Balaban J connectivity index is 2.30. The highest BCUT2D eigenvalue weighted by atomic mass is 16.2. The van der Waals surface area contributed by atoms with Crippen molar-refractivity contribution in [3.05, 3.63) is 35.4 Å². The molecule has 2 amide bonds. The first-order chi connectivity index (χ1) is 9.54. The Bertz CT molecular complexity index is 494. The van der Waals surface area contributed by atoms with Gasteiger partial charge in [0.1, 0.15) is 6.04 Å². The van der Waals surface area contributed by atoms with Crippen molar-refractivity contribution < 1.29 is 9.59 Å². The van der Waals surface area contributed by atoms with Crippen LogP contribution >= 0.6 is 0 Å². The van der Waals surface area contributed by atoms with E-state index >= 15 is 0 Å². The lowest BCUT2D eigenvalue weighted by molar-refractivity contribution is -0.143. The maximum Gasteiger partial charge on any atom is 0.247 e. The third kappa shape index (κ3) is 2.84. The van der Waals surface area contributed by atoms with E-state index in [0.29, 0.717) is 25.4 Å². The summed E-state index contributed by atoms with van der Waals surface area (Å²) >= 11 is 0. The summed E-state index contributed by atoms with van der Waals surface area (Å²) in [7, 11) is 0. The van der Waals surface area contributed by atoms with Crippen molar-refractivity contribution >= 4 is 11.8 Å². The van der Waals surface area contributed by atoms with Crippen molar-refractivity contribution in [1.29, 1.82) is 0 Å². The number of benzene rings is 1. The van der Waals surface area contributed by atoms with E-state index in [1.165, 1.54) is 5.56 Å². The van der Waals surface area contributed by atoms with Gasteiger partial charge in [-0.2, -0.15) is 0 Å². The maximum atomic E-state index is 12.1. The zero-order valence-corrected chi connectivity index (χ0v) is 12.3. The first kappa shape index (κ1) is 14.6. The van der Waals surface area contributed by atoms with E-state index in [2.05, 4.69) is 19.2 Å². The molecule has 1 aliphatic heterocycles. The van der Waals surface area contributed by atoms with E-state index in [-0.39, 0.29) is 11.8 Å². The molecule has 108 valence electrons. The van der Waals surface area contributed by atoms with Gasteiger partial charge in [-0.25, -0.2) is 0 Å². The van der Waals surface area contributed by atoms with E-state index < -0.39 is 6.04 Å². The van der Waals surface area contributed by atoms with Crippen molar-refractivity contribution in [2.24, 2.45) is 0 Å². The zero-order chi connectivity index (χ0) is 14.7. The van der Waals surface area contributed by atoms with Crippen LogP contribution < -0.4 is 5.32 Å². The maximum absolute atomic E-state index is 12.1. The summed E-state index contributed by atoms with van der Waals surface area (Å²) in [6, 6.07) is 7.51. The van der Waals surface area contributed by atoms with E-state index in [9.17, 15) is 9.59 Å². The molecule has 0 spiro atoms. The quantitative estimate of drug-likeness (QED) is 0.918. The Kier molecular flexibility index (Phi) is 4.42. The van der Waals surface area contributed by atoms with E-state index in [4.69, 9.17) is 0 Å². The molecule has 0 bridgehead atoms. The van der Waals surface area contributed by atoms with Crippen LogP contribution in [0.2, 0.25) is 0 Å². The molecule has 1 fully saturated rings. The highest BCUT2D eigenvalue weighted by molar-refractivity contribution is 5.89. The molecular formula is C16H22N2O2. The van der Waals surface area contributed by atoms with Crippen molar-refractivity contribution in [3.8, 4) is 0 Å². The summed E-state index contributed by atoms with van der Waals surface area (Å²) in [5.41, 5.74) is 2.12. The Morgan fingerprint density at radius 2 is 2.00 bits per heavy atom. The van der Waals surface area contributed by atoms with Crippen LogP contribution in [0.3, 0.4) is 0 Å². The Morgan fingerprint density at radius 3 is 2.55 bits per heavy atom. The van der Waals surface area contributed by atoms with E-state index in [0.717, 1.165) is 5.56 Å². The van der Waals surface area contributed by atoms with Crippen LogP contribution in [0.5, 0.6) is 0 Å². The van der Waals surface area contributed by atoms with Gasteiger partial charge in [0.2, 0.25) is 11.8 Å². The predicted octanol–water partition coefficient (Wildman–Crippen LogP) is 2.22. The second-order valence-electron chi connectivity index (χ2n) is 5.46. The van der Waals surface area contributed by atoms with Gasteiger partial charge in [0.15, 0.2) is 0 Å². The first-order valence-electron chi connectivity index (χ1n) is 7.21. The minimum atomic E-state index is -0.489. The largest absolute Gasteiger partial charge is 0.352 e. The molecule has 4 heteroatoms. The van der Waals surface area contributed by atoms with Gasteiger partial charge in [-0.15, -0.1) is 0 Å². The lowest BCUT2D eigenvalue weighted by Gasteiger charge is -2.35.